The molecule has 1 heterocycles. The molecule has 1 aliphatic rings. The van der Waals surface area contributed by atoms with Crippen LogP contribution in [0.25, 0.3) is 0 Å². The Balaban J connectivity index is 2.08. The van der Waals surface area contributed by atoms with Gasteiger partial charge in [-0.2, -0.15) is 0 Å². The van der Waals surface area contributed by atoms with E-state index in [0.29, 0.717) is 0 Å². The molecule has 5 nitrogen and oxygen atoms in total. The van der Waals surface area contributed by atoms with Crippen molar-refractivity contribution in [1.82, 2.24) is 5.32 Å². The largest absolute Gasteiger partial charge is 0.508 e. The molecule has 0 saturated carbocycles. The summed E-state index contributed by atoms with van der Waals surface area (Å²) in [5, 5.41) is 12.0. The smallest absolute Gasteiger partial charge is 0.242 e. The van der Waals surface area contributed by atoms with Gasteiger partial charge in [-0.25, -0.2) is 0 Å². The Kier molecular flexibility index (Phi) is 8.30. The second-order valence-electron chi connectivity index (χ2n) is 8.27. The van der Waals surface area contributed by atoms with Crippen LogP contribution in [0.3, 0.4) is 0 Å². The van der Waals surface area contributed by atoms with Crippen molar-refractivity contribution in [2.24, 2.45) is 5.41 Å². The highest BCUT2D eigenvalue weighted by molar-refractivity contribution is 6.31. The van der Waals surface area contributed by atoms with E-state index in [1.165, 1.54) is 30.7 Å². The van der Waals surface area contributed by atoms with Crippen LogP contribution in [-0.4, -0.2) is 28.6 Å². The zero-order valence-electron chi connectivity index (χ0n) is 19.3. The van der Waals surface area contributed by atoms with E-state index in [2.05, 4.69) is 11.4 Å². The molecule has 0 aromatic heterocycles. The van der Waals surface area contributed by atoms with Crippen molar-refractivity contribution in [3.05, 3.63) is 89.1 Å². The van der Waals surface area contributed by atoms with Crippen molar-refractivity contribution in [2.75, 3.05) is 0 Å². The van der Waals surface area contributed by atoms with Crippen LogP contribution in [0.1, 0.15) is 40.2 Å². The molecular weight excluding hydrogens is 402 g/mol. The highest BCUT2D eigenvalue weighted by Crippen LogP contribution is 2.29. The number of Topliss-reactive ketones (excluding diaryl/α,β-unsaturated/α-hetero) is 1. The lowest BCUT2D eigenvalue weighted by atomic mass is 9.80. The minimum absolute atomic E-state index is 0.123. The Bertz CT molecular complexity index is 1040. The predicted molar refractivity (Wildman–Crippen MR) is 127 cm³/mol. The van der Waals surface area contributed by atoms with Crippen molar-refractivity contribution >= 4 is 17.5 Å². The lowest BCUT2D eigenvalue weighted by Crippen LogP contribution is -2.39. The van der Waals surface area contributed by atoms with Crippen LogP contribution in [-0.2, 0) is 20.8 Å². The van der Waals surface area contributed by atoms with Crippen molar-refractivity contribution in [3.8, 4) is 5.75 Å². The van der Waals surface area contributed by atoms with Gasteiger partial charge in [0, 0.05) is 0 Å². The summed E-state index contributed by atoms with van der Waals surface area (Å²) in [5.41, 5.74) is 2.14. The van der Waals surface area contributed by atoms with Gasteiger partial charge in [0.2, 0.25) is 5.91 Å². The van der Waals surface area contributed by atoms with Crippen LogP contribution in [0.4, 0.5) is 0 Å². The minimum atomic E-state index is -1.74. The number of hydrogen-bond donors (Lipinski definition) is 2. The van der Waals surface area contributed by atoms with Gasteiger partial charge in [-0.1, -0.05) is 65.3 Å². The Morgan fingerprint density at radius 2 is 1.69 bits per heavy atom. The predicted octanol–water partition coefficient (Wildman–Crippen LogP) is 4.55. The summed E-state index contributed by atoms with van der Waals surface area (Å²) < 4.78 is 0. The lowest BCUT2D eigenvalue weighted by Gasteiger charge is -2.15. The second kappa shape index (κ2) is 10.7. The maximum absolute atomic E-state index is 12.9. The van der Waals surface area contributed by atoms with Gasteiger partial charge >= 0.3 is 0 Å². The van der Waals surface area contributed by atoms with Gasteiger partial charge in [0.15, 0.2) is 17.0 Å². The number of rotatable bonds is 8. The molecule has 0 spiro atoms. The maximum atomic E-state index is 12.9. The van der Waals surface area contributed by atoms with Crippen molar-refractivity contribution in [2.45, 2.75) is 47.1 Å². The molecule has 2 N–H and O–H groups in total. The molecular formula is C27H31NO4. The summed E-state index contributed by atoms with van der Waals surface area (Å²) >= 11 is 0. The highest BCUT2D eigenvalue weighted by atomic mass is 16.3. The summed E-state index contributed by atoms with van der Waals surface area (Å²) in [6.07, 6.45) is 13.0. The minimum Gasteiger partial charge on any atom is -0.508 e. The summed E-state index contributed by atoms with van der Waals surface area (Å²) in [6.45, 7) is 9.25. The normalized spacial score (nSPS) is 22.8. The first kappa shape index (κ1) is 24.8. The first-order chi connectivity index (χ1) is 15.1. The van der Waals surface area contributed by atoms with Crippen molar-refractivity contribution in [1.29, 1.82) is 0 Å². The van der Waals surface area contributed by atoms with E-state index in [0.717, 1.165) is 16.7 Å². The summed E-state index contributed by atoms with van der Waals surface area (Å²) in [6, 6.07) is 5.64. The quantitative estimate of drug-likeness (QED) is 0.358. The van der Waals surface area contributed by atoms with Crippen LogP contribution in [0.15, 0.2) is 83.5 Å². The Hall–Kier alpha value is -3.47. The number of aromatic hydroxyl groups is 1. The molecule has 1 saturated heterocycles. The van der Waals surface area contributed by atoms with E-state index in [1.807, 2.05) is 52.0 Å². The molecule has 0 bridgehead atoms. The number of hydrogen-bond acceptors (Lipinski definition) is 4. The van der Waals surface area contributed by atoms with E-state index in [-0.39, 0.29) is 12.2 Å². The summed E-state index contributed by atoms with van der Waals surface area (Å²) in [5.74, 6) is -1.43. The number of carbonyl (C=O) groups excluding carboxylic acids is 3. The van der Waals surface area contributed by atoms with Gasteiger partial charge in [-0.15, -0.1) is 0 Å². The number of carbonyl (C=O) groups is 3. The van der Waals surface area contributed by atoms with Gasteiger partial charge in [-0.05, 0) is 64.8 Å². The SMILES string of the molecule is CC=C(C)C=C(C)C=CC=C(C)C=CC(=O)C1(C)C(=O)NC(Cc2ccc(O)cc2)C1=O. The van der Waals surface area contributed by atoms with Crippen molar-refractivity contribution < 1.29 is 19.5 Å². The Labute approximate surface area is 189 Å². The molecule has 2 unspecified atom stereocenters. The molecule has 1 fully saturated rings. The van der Waals surface area contributed by atoms with E-state index in [1.54, 1.807) is 18.2 Å². The number of amides is 1. The van der Waals surface area contributed by atoms with Gasteiger partial charge in [0.25, 0.3) is 0 Å². The fourth-order valence-electron chi connectivity index (χ4n) is 3.34. The maximum Gasteiger partial charge on any atom is 0.242 e. The summed E-state index contributed by atoms with van der Waals surface area (Å²) in [4.78, 5) is 38.3. The van der Waals surface area contributed by atoms with Gasteiger partial charge in [-0.3, -0.25) is 14.4 Å². The zero-order valence-corrected chi connectivity index (χ0v) is 19.3. The number of allylic oxidation sites excluding steroid dienone is 10. The van der Waals surface area contributed by atoms with E-state index in [9.17, 15) is 19.5 Å². The molecule has 168 valence electrons. The van der Waals surface area contributed by atoms with Gasteiger partial charge in [0.05, 0.1) is 6.04 Å². The molecule has 1 aromatic carbocycles. The Morgan fingerprint density at radius 1 is 1.03 bits per heavy atom. The molecule has 0 radical (unpaired) electrons. The number of phenolic OH excluding ortho intramolecular Hbond substituents is 1. The van der Waals surface area contributed by atoms with Crippen LogP contribution >= 0.6 is 0 Å². The number of benzene rings is 1. The molecule has 1 aliphatic heterocycles. The Morgan fingerprint density at radius 3 is 2.31 bits per heavy atom. The fourth-order valence-corrected chi connectivity index (χ4v) is 3.34. The molecule has 2 rings (SSSR count). The molecule has 1 amide bonds. The molecule has 2 atom stereocenters. The van der Waals surface area contributed by atoms with Crippen LogP contribution in [0, 0.1) is 5.41 Å². The first-order valence-electron chi connectivity index (χ1n) is 10.6. The van der Waals surface area contributed by atoms with E-state index in [4.69, 9.17) is 0 Å². The first-order valence-corrected chi connectivity index (χ1v) is 10.6. The van der Waals surface area contributed by atoms with E-state index < -0.39 is 28.9 Å². The fraction of sp³-hybridized carbons (Fsp3) is 0.296. The molecule has 5 heteroatoms. The number of phenols is 1. The van der Waals surface area contributed by atoms with E-state index >= 15 is 0 Å². The van der Waals surface area contributed by atoms with Gasteiger partial charge < -0.3 is 10.4 Å². The third-order valence-corrected chi connectivity index (χ3v) is 5.56. The topological polar surface area (TPSA) is 83.5 Å². The second-order valence-corrected chi connectivity index (χ2v) is 8.27. The van der Waals surface area contributed by atoms with Crippen LogP contribution in [0.5, 0.6) is 5.75 Å². The molecule has 1 aromatic rings. The third-order valence-electron chi connectivity index (χ3n) is 5.56. The highest BCUT2D eigenvalue weighted by Gasteiger charge is 2.55. The van der Waals surface area contributed by atoms with Gasteiger partial charge in [0.1, 0.15) is 5.75 Å². The average molecular weight is 434 g/mol. The molecule has 0 aliphatic carbocycles. The average Bonchev–Trinajstić information content (AvgIpc) is 2.97. The third kappa shape index (κ3) is 6.03. The van der Waals surface area contributed by atoms with Crippen LogP contribution in [0.2, 0.25) is 0 Å². The lowest BCUT2D eigenvalue weighted by molar-refractivity contribution is -0.141. The molecule has 32 heavy (non-hydrogen) atoms. The number of ketones is 2. The standard InChI is InChI=1S/C27H31NO4/c1-6-18(2)16-20(4)9-7-8-19(3)10-15-24(30)27(5)25(31)23(28-26(27)32)17-21-11-13-22(29)14-12-21/h6-16,23,29H,17H2,1-5H3,(H,28,32). The van der Waals surface area contributed by atoms with Crippen molar-refractivity contribution in [3.63, 3.8) is 0 Å². The zero-order chi connectivity index (χ0) is 23.9. The summed E-state index contributed by atoms with van der Waals surface area (Å²) in [7, 11) is 0. The number of nitrogens with one attached hydrogen (secondary N) is 1. The van der Waals surface area contributed by atoms with Crippen LogP contribution < -0.4 is 5.32 Å². The monoisotopic (exact) mass is 433 g/mol.